The summed E-state index contributed by atoms with van der Waals surface area (Å²) in [4.78, 5) is 12.2. The van der Waals surface area contributed by atoms with Crippen molar-refractivity contribution in [1.29, 1.82) is 0 Å². The summed E-state index contributed by atoms with van der Waals surface area (Å²) >= 11 is 5.95. The number of benzene rings is 2. The van der Waals surface area contributed by atoms with E-state index in [1.165, 1.54) is 32.4 Å². The molecule has 0 spiro atoms. The highest BCUT2D eigenvalue weighted by molar-refractivity contribution is 6.34. The van der Waals surface area contributed by atoms with Crippen LogP contribution in [0.1, 0.15) is 10.4 Å². The molecule has 0 aliphatic carbocycles. The first kappa shape index (κ1) is 15.0. The molecule has 0 fully saturated rings. The van der Waals surface area contributed by atoms with Gasteiger partial charge in [-0.15, -0.1) is 0 Å². The lowest BCUT2D eigenvalue weighted by molar-refractivity contribution is 0.102. The fourth-order valence-electron chi connectivity index (χ4n) is 1.78. The molecule has 6 heteroatoms. The van der Waals surface area contributed by atoms with Crippen LogP contribution in [0.3, 0.4) is 0 Å². The van der Waals surface area contributed by atoms with Gasteiger partial charge in [0, 0.05) is 11.6 Å². The number of phenols is 1. The van der Waals surface area contributed by atoms with Gasteiger partial charge in [-0.2, -0.15) is 0 Å². The van der Waals surface area contributed by atoms with Gasteiger partial charge in [0.2, 0.25) is 0 Å². The summed E-state index contributed by atoms with van der Waals surface area (Å²) < 4.78 is 10.3. The Balaban J connectivity index is 2.24. The molecule has 21 heavy (non-hydrogen) atoms. The maximum Gasteiger partial charge on any atom is 0.255 e. The van der Waals surface area contributed by atoms with Gasteiger partial charge in [-0.05, 0) is 30.3 Å². The highest BCUT2D eigenvalue weighted by Gasteiger charge is 2.12. The van der Waals surface area contributed by atoms with E-state index in [1.807, 2.05) is 0 Å². The van der Waals surface area contributed by atoms with E-state index in [2.05, 4.69) is 5.32 Å². The molecule has 0 saturated carbocycles. The van der Waals surface area contributed by atoms with E-state index in [0.717, 1.165) is 0 Å². The fourth-order valence-corrected chi connectivity index (χ4v) is 2.00. The van der Waals surface area contributed by atoms with Gasteiger partial charge in [-0.25, -0.2) is 0 Å². The van der Waals surface area contributed by atoms with Crippen LogP contribution in [0.2, 0.25) is 5.02 Å². The van der Waals surface area contributed by atoms with E-state index in [9.17, 15) is 9.90 Å². The third-order valence-electron chi connectivity index (χ3n) is 2.85. The Morgan fingerprint density at radius 1 is 1.10 bits per heavy atom. The van der Waals surface area contributed by atoms with E-state index in [1.54, 1.807) is 18.2 Å². The minimum atomic E-state index is -0.344. The molecule has 0 aliphatic rings. The Bertz CT molecular complexity index is 673. The maximum atomic E-state index is 12.2. The zero-order chi connectivity index (χ0) is 15.4. The molecule has 0 heterocycles. The fraction of sp³-hybridized carbons (Fsp3) is 0.133. The van der Waals surface area contributed by atoms with Crippen LogP contribution in [0.4, 0.5) is 5.69 Å². The second-order valence-electron chi connectivity index (χ2n) is 4.19. The summed E-state index contributed by atoms with van der Waals surface area (Å²) in [6, 6.07) is 9.15. The van der Waals surface area contributed by atoms with Gasteiger partial charge in [-0.1, -0.05) is 11.6 Å². The Morgan fingerprint density at radius 2 is 1.81 bits per heavy atom. The van der Waals surface area contributed by atoms with E-state index >= 15 is 0 Å². The number of amides is 1. The van der Waals surface area contributed by atoms with Crippen LogP contribution >= 0.6 is 11.6 Å². The summed E-state index contributed by atoms with van der Waals surface area (Å²) in [7, 11) is 3.02. The second kappa shape index (κ2) is 6.37. The molecule has 0 aromatic heterocycles. The second-order valence-corrected chi connectivity index (χ2v) is 4.60. The molecule has 0 unspecified atom stereocenters. The Morgan fingerprint density at radius 3 is 2.43 bits per heavy atom. The molecule has 2 rings (SSSR count). The molecular formula is C15H14ClNO4. The number of hydrogen-bond acceptors (Lipinski definition) is 4. The van der Waals surface area contributed by atoms with Crippen LogP contribution < -0.4 is 14.8 Å². The third kappa shape index (κ3) is 3.38. The Labute approximate surface area is 127 Å². The van der Waals surface area contributed by atoms with Gasteiger partial charge < -0.3 is 19.9 Å². The summed E-state index contributed by atoms with van der Waals surface area (Å²) in [6.07, 6.45) is 0. The largest absolute Gasteiger partial charge is 0.508 e. The zero-order valence-corrected chi connectivity index (χ0v) is 12.3. The summed E-state index contributed by atoms with van der Waals surface area (Å²) in [5, 5.41) is 12.2. The van der Waals surface area contributed by atoms with E-state index < -0.39 is 0 Å². The average Bonchev–Trinajstić information content (AvgIpc) is 2.49. The average molecular weight is 308 g/mol. The highest BCUT2D eigenvalue weighted by atomic mass is 35.5. The lowest BCUT2D eigenvalue weighted by Gasteiger charge is -2.11. The number of rotatable bonds is 4. The van der Waals surface area contributed by atoms with Crippen molar-refractivity contribution in [2.75, 3.05) is 19.5 Å². The Kier molecular flexibility index (Phi) is 4.55. The van der Waals surface area contributed by atoms with Gasteiger partial charge in [0.1, 0.15) is 5.75 Å². The van der Waals surface area contributed by atoms with Crippen molar-refractivity contribution < 1.29 is 19.4 Å². The van der Waals surface area contributed by atoms with Crippen LogP contribution in [-0.2, 0) is 0 Å². The van der Waals surface area contributed by atoms with Crippen LogP contribution in [0.25, 0.3) is 0 Å². The van der Waals surface area contributed by atoms with Gasteiger partial charge in [-0.3, -0.25) is 4.79 Å². The first-order chi connectivity index (χ1) is 10.0. The molecule has 0 bridgehead atoms. The standard InChI is InChI=1S/C15H14ClNO4/c1-20-13-6-3-9(7-14(13)21-2)15(19)17-12-5-4-10(18)8-11(12)16/h3-8,18H,1-2H3,(H,17,19). The zero-order valence-electron chi connectivity index (χ0n) is 11.5. The SMILES string of the molecule is COc1ccc(C(=O)Nc2ccc(O)cc2Cl)cc1OC. The monoisotopic (exact) mass is 307 g/mol. The number of aromatic hydroxyl groups is 1. The smallest absolute Gasteiger partial charge is 0.255 e. The van der Waals surface area contributed by atoms with Crippen molar-refractivity contribution in [1.82, 2.24) is 0 Å². The molecular weight excluding hydrogens is 294 g/mol. The first-order valence-electron chi connectivity index (χ1n) is 6.07. The number of carbonyl (C=O) groups is 1. The van der Waals surface area contributed by atoms with Crippen molar-refractivity contribution in [3.63, 3.8) is 0 Å². The molecule has 1 amide bonds. The molecule has 0 atom stereocenters. The highest BCUT2D eigenvalue weighted by Crippen LogP contribution is 2.29. The van der Waals surface area contributed by atoms with E-state index in [0.29, 0.717) is 22.7 Å². The van der Waals surface area contributed by atoms with Crippen LogP contribution in [-0.4, -0.2) is 25.2 Å². The maximum absolute atomic E-state index is 12.2. The van der Waals surface area contributed by atoms with Crippen molar-refractivity contribution in [2.45, 2.75) is 0 Å². The topological polar surface area (TPSA) is 67.8 Å². The first-order valence-corrected chi connectivity index (χ1v) is 6.45. The Hall–Kier alpha value is -2.40. The molecule has 0 aliphatic heterocycles. The van der Waals surface area contributed by atoms with Crippen molar-refractivity contribution >= 4 is 23.2 Å². The van der Waals surface area contributed by atoms with Crippen LogP contribution in [0.5, 0.6) is 17.2 Å². The number of phenolic OH excluding ortho intramolecular Hbond substituents is 1. The lowest BCUT2D eigenvalue weighted by atomic mass is 10.2. The predicted octanol–water partition coefficient (Wildman–Crippen LogP) is 3.32. The summed E-state index contributed by atoms with van der Waals surface area (Å²) in [5.74, 6) is 0.686. The molecule has 2 aromatic rings. The predicted molar refractivity (Wildman–Crippen MR) is 80.6 cm³/mol. The van der Waals surface area contributed by atoms with Gasteiger partial charge in [0.25, 0.3) is 5.91 Å². The number of carbonyl (C=O) groups excluding carboxylic acids is 1. The molecule has 0 radical (unpaired) electrons. The third-order valence-corrected chi connectivity index (χ3v) is 3.16. The molecule has 0 saturated heterocycles. The van der Waals surface area contributed by atoms with E-state index in [4.69, 9.17) is 21.1 Å². The van der Waals surface area contributed by atoms with E-state index in [-0.39, 0.29) is 16.7 Å². The normalized spacial score (nSPS) is 10.0. The van der Waals surface area contributed by atoms with Crippen molar-refractivity contribution in [3.8, 4) is 17.2 Å². The molecule has 2 N–H and O–H groups in total. The minimum absolute atomic E-state index is 0.0316. The quantitative estimate of drug-likeness (QED) is 0.850. The number of halogens is 1. The van der Waals surface area contributed by atoms with Crippen LogP contribution in [0, 0.1) is 0 Å². The number of hydrogen-bond donors (Lipinski definition) is 2. The number of nitrogens with one attached hydrogen (secondary N) is 1. The minimum Gasteiger partial charge on any atom is -0.508 e. The molecule has 5 nitrogen and oxygen atoms in total. The number of anilines is 1. The summed E-state index contributed by atoms with van der Waals surface area (Å²) in [6.45, 7) is 0. The number of ether oxygens (including phenoxy) is 2. The van der Waals surface area contributed by atoms with Crippen LogP contribution in [0.15, 0.2) is 36.4 Å². The van der Waals surface area contributed by atoms with Gasteiger partial charge in [0.05, 0.1) is 24.9 Å². The lowest BCUT2D eigenvalue weighted by Crippen LogP contribution is -2.12. The molecule has 2 aromatic carbocycles. The number of methoxy groups -OCH3 is 2. The molecule has 110 valence electrons. The van der Waals surface area contributed by atoms with Gasteiger partial charge >= 0.3 is 0 Å². The summed E-state index contributed by atoms with van der Waals surface area (Å²) in [5.41, 5.74) is 0.811. The van der Waals surface area contributed by atoms with Crippen molar-refractivity contribution in [3.05, 3.63) is 47.0 Å². The van der Waals surface area contributed by atoms with Crippen molar-refractivity contribution in [2.24, 2.45) is 0 Å². The van der Waals surface area contributed by atoms with Gasteiger partial charge in [0.15, 0.2) is 11.5 Å².